The highest BCUT2D eigenvalue weighted by Gasteiger charge is 2.20. The van der Waals surface area contributed by atoms with Crippen LogP contribution in [0.3, 0.4) is 0 Å². The van der Waals surface area contributed by atoms with Gasteiger partial charge in [-0.2, -0.15) is 0 Å². The molecule has 1 unspecified atom stereocenters. The van der Waals surface area contributed by atoms with E-state index >= 15 is 0 Å². The molecule has 2 rings (SSSR count). The Bertz CT molecular complexity index is 484. The Kier molecular flexibility index (Phi) is 4.68. The van der Waals surface area contributed by atoms with Crippen molar-refractivity contribution >= 4 is 11.6 Å². The molecule has 6 nitrogen and oxygen atoms in total. The lowest BCUT2D eigenvalue weighted by atomic mass is 10.1. The van der Waals surface area contributed by atoms with Gasteiger partial charge in [0.15, 0.2) is 11.5 Å². The summed E-state index contributed by atoms with van der Waals surface area (Å²) < 4.78 is 15.7. The number of benzene rings is 1. The van der Waals surface area contributed by atoms with Crippen LogP contribution in [0.25, 0.3) is 0 Å². The predicted octanol–water partition coefficient (Wildman–Crippen LogP) is 1.19. The smallest absolute Gasteiger partial charge is 0.253 e. The van der Waals surface area contributed by atoms with Crippen molar-refractivity contribution in [3.63, 3.8) is 0 Å². The monoisotopic (exact) mass is 280 g/mol. The summed E-state index contributed by atoms with van der Waals surface area (Å²) in [6.45, 7) is 1.30. The van der Waals surface area contributed by atoms with Gasteiger partial charge in [0.05, 0.1) is 32.4 Å². The van der Waals surface area contributed by atoms with Crippen LogP contribution in [-0.2, 0) is 4.74 Å². The highest BCUT2D eigenvalue weighted by molar-refractivity contribution is 6.00. The van der Waals surface area contributed by atoms with Crippen molar-refractivity contribution in [3.8, 4) is 11.5 Å². The number of anilines is 1. The maximum Gasteiger partial charge on any atom is 0.253 e. The molecule has 6 heteroatoms. The summed E-state index contributed by atoms with van der Waals surface area (Å²) in [5.74, 6) is 0.758. The van der Waals surface area contributed by atoms with Gasteiger partial charge in [-0.3, -0.25) is 4.79 Å². The van der Waals surface area contributed by atoms with Gasteiger partial charge in [-0.05, 0) is 18.9 Å². The van der Waals surface area contributed by atoms with Crippen molar-refractivity contribution < 1.29 is 19.0 Å². The van der Waals surface area contributed by atoms with E-state index in [1.165, 1.54) is 14.2 Å². The van der Waals surface area contributed by atoms with Crippen molar-refractivity contribution in [2.24, 2.45) is 0 Å². The predicted molar refractivity (Wildman–Crippen MR) is 75.3 cm³/mol. The van der Waals surface area contributed by atoms with Gasteiger partial charge < -0.3 is 25.3 Å². The third-order valence-electron chi connectivity index (χ3n) is 3.30. The van der Waals surface area contributed by atoms with Crippen LogP contribution in [0.4, 0.5) is 5.69 Å². The van der Waals surface area contributed by atoms with E-state index in [2.05, 4.69) is 5.32 Å². The average molecular weight is 280 g/mol. The fraction of sp³-hybridized carbons (Fsp3) is 0.500. The van der Waals surface area contributed by atoms with E-state index < -0.39 is 0 Å². The molecule has 0 bridgehead atoms. The van der Waals surface area contributed by atoms with Crippen molar-refractivity contribution in [3.05, 3.63) is 17.7 Å². The van der Waals surface area contributed by atoms with Gasteiger partial charge in [-0.25, -0.2) is 0 Å². The quantitative estimate of drug-likeness (QED) is 0.810. The summed E-state index contributed by atoms with van der Waals surface area (Å²) >= 11 is 0. The zero-order chi connectivity index (χ0) is 14.5. The molecule has 0 aromatic heterocycles. The first-order valence-electron chi connectivity index (χ1n) is 6.55. The number of carbonyl (C=O) groups excluding carboxylic acids is 1. The number of nitrogen functional groups attached to an aromatic ring is 1. The molecule has 1 aliphatic rings. The van der Waals surface area contributed by atoms with Crippen LogP contribution in [0.5, 0.6) is 11.5 Å². The number of ether oxygens (including phenoxy) is 3. The van der Waals surface area contributed by atoms with E-state index in [0.717, 1.165) is 19.4 Å². The molecule has 3 N–H and O–H groups in total. The summed E-state index contributed by atoms with van der Waals surface area (Å²) in [6, 6.07) is 3.21. The molecule has 1 aromatic carbocycles. The molecule has 0 saturated carbocycles. The second kappa shape index (κ2) is 6.47. The highest BCUT2D eigenvalue weighted by Crippen LogP contribution is 2.31. The van der Waals surface area contributed by atoms with E-state index in [-0.39, 0.29) is 11.9 Å². The van der Waals surface area contributed by atoms with Gasteiger partial charge in [-0.1, -0.05) is 0 Å². The van der Waals surface area contributed by atoms with E-state index in [1.54, 1.807) is 12.1 Å². The van der Waals surface area contributed by atoms with Gasteiger partial charge in [0.2, 0.25) is 0 Å². The molecule has 0 radical (unpaired) electrons. The first kappa shape index (κ1) is 14.5. The van der Waals surface area contributed by atoms with Gasteiger partial charge in [-0.15, -0.1) is 0 Å². The Morgan fingerprint density at radius 1 is 1.35 bits per heavy atom. The minimum absolute atomic E-state index is 0.0312. The highest BCUT2D eigenvalue weighted by atomic mass is 16.5. The second-order valence-electron chi connectivity index (χ2n) is 4.68. The first-order chi connectivity index (χ1) is 9.65. The van der Waals surface area contributed by atoms with Crippen LogP contribution < -0.4 is 20.5 Å². The molecule has 1 aromatic rings. The molecule has 20 heavy (non-hydrogen) atoms. The molecule has 1 aliphatic heterocycles. The van der Waals surface area contributed by atoms with Gasteiger partial charge in [0.1, 0.15) is 0 Å². The van der Waals surface area contributed by atoms with E-state index in [9.17, 15) is 4.79 Å². The van der Waals surface area contributed by atoms with Crippen molar-refractivity contribution in [2.45, 2.75) is 18.9 Å². The molecule has 0 aliphatic carbocycles. The molecule has 1 heterocycles. The zero-order valence-electron chi connectivity index (χ0n) is 11.8. The lowest BCUT2D eigenvalue weighted by Crippen LogP contribution is -2.40. The summed E-state index contributed by atoms with van der Waals surface area (Å²) in [4.78, 5) is 12.3. The van der Waals surface area contributed by atoms with E-state index in [1.807, 2.05) is 0 Å². The number of hydrogen-bond acceptors (Lipinski definition) is 5. The third-order valence-corrected chi connectivity index (χ3v) is 3.30. The number of amides is 1. The van der Waals surface area contributed by atoms with Crippen LogP contribution in [0.1, 0.15) is 23.2 Å². The Hall–Kier alpha value is -1.95. The number of nitrogens with one attached hydrogen (secondary N) is 1. The molecule has 1 saturated heterocycles. The van der Waals surface area contributed by atoms with Crippen LogP contribution in [0, 0.1) is 0 Å². The van der Waals surface area contributed by atoms with Crippen molar-refractivity contribution in [1.82, 2.24) is 5.32 Å². The zero-order valence-corrected chi connectivity index (χ0v) is 11.8. The summed E-state index contributed by atoms with van der Waals surface area (Å²) in [7, 11) is 3.04. The maximum absolute atomic E-state index is 12.3. The number of carbonyl (C=O) groups is 1. The fourth-order valence-electron chi connectivity index (χ4n) is 2.21. The normalized spacial score (nSPS) is 18.4. The molecule has 1 atom stereocenters. The number of hydrogen-bond donors (Lipinski definition) is 2. The topological polar surface area (TPSA) is 82.8 Å². The minimum atomic E-state index is -0.223. The first-order valence-corrected chi connectivity index (χ1v) is 6.55. The van der Waals surface area contributed by atoms with Crippen LogP contribution in [0.2, 0.25) is 0 Å². The SMILES string of the molecule is COc1cc(N)c(C(=O)NC2CCCOC2)cc1OC. The molecule has 110 valence electrons. The number of rotatable bonds is 4. The maximum atomic E-state index is 12.3. The van der Waals surface area contributed by atoms with Gasteiger partial charge in [0, 0.05) is 18.4 Å². The molecule has 1 amide bonds. The Morgan fingerprint density at radius 3 is 2.65 bits per heavy atom. The standard InChI is InChI=1S/C14H20N2O4/c1-18-12-6-10(11(15)7-13(12)19-2)14(17)16-9-4-3-5-20-8-9/h6-7,9H,3-5,8,15H2,1-2H3,(H,16,17). The largest absolute Gasteiger partial charge is 0.493 e. The third kappa shape index (κ3) is 3.14. The molecular formula is C14H20N2O4. The lowest BCUT2D eigenvalue weighted by Gasteiger charge is -2.23. The summed E-state index contributed by atoms with van der Waals surface area (Å²) in [5.41, 5.74) is 6.64. The van der Waals surface area contributed by atoms with Crippen molar-refractivity contribution in [1.29, 1.82) is 0 Å². The Balaban J connectivity index is 2.16. The minimum Gasteiger partial charge on any atom is -0.493 e. The fourth-order valence-corrected chi connectivity index (χ4v) is 2.21. The molecule has 0 spiro atoms. The Labute approximate surface area is 118 Å². The van der Waals surface area contributed by atoms with Gasteiger partial charge >= 0.3 is 0 Å². The van der Waals surface area contributed by atoms with E-state index in [4.69, 9.17) is 19.9 Å². The second-order valence-corrected chi connectivity index (χ2v) is 4.68. The van der Waals surface area contributed by atoms with E-state index in [0.29, 0.717) is 29.4 Å². The van der Waals surface area contributed by atoms with Crippen LogP contribution in [-0.4, -0.2) is 39.4 Å². The van der Waals surface area contributed by atoms with Crippen LogP contribution >= 0.6 is 0 Å². The Morgan fingerprint density at radius 2 is 2.05 bits per heavy atom. The summed E-state index contributed by atoms with van der Waals surface area (Å²) in [5, 5.41) is 2.92. The molecular weight excluding hydrogens is 260 g/mol. The van der Waals surface area contributed by atoms with Crippen molar-refractivity contribution in [2.75, 3.05) is 33.2 Å². The number of nitrogens with two attached hydrogens (primary N) is 1. The van der Waals surface area contributed by atoms with Gasteiger partial charge in [0.25, 0.3) is 5.91 Å². The van der Waals surface area contributed by atoms with Crippen LogP contribution in [0.15, 0.2) is 12.1 Å². The number of methoxy groups -OCH3 is 2. The lowest BCUT2D eigenvalue weighted by molar-refractivity contribution is 0.0624. The summed E-state index contributed by atoms with van der Waals surface area (Å²) in [6.07, 6.45) is 1.87. The molecule has 1 fully saturated rings. The average Bonchev–Trinajstić information content (AvgIpc) is 2.47.